The minimum Gasteiger partial charge on any atom is -0.449 e. The van der Waals surface area contributed by atoms with E-state index in [4.69, 9.17) is 10.5 Å². The number of aromatic amines is 2. The Balaban J connectivity index is 1.71. The van der Waals surface area contributed by atoms with E-state index in [1.165, 1.54) is 0 Å². The molecular formula is C19H16F2N6O3. The van der Waals surface area contributed by atoms with Gasteiger partial charge in [-0.3, -0.25) is 10.1 Å². The van der Waals surface area contributed by atoms with E-state index in [0.29, 0.717) is 29.6 Å². The van der Waals surface area contributed by atoms with Crippen LogP contribution >= 0.6 is 0 Å². The van der Waals surface area contributed by atoms with Gasteiger partial charge in [-0.15, -0.1) is 0 Å². The predicted octanol–water partition coefficient (Wildman–Crippen LogP) is 2.64. The van der Waals surface area contributed by atoms with Gasteiger partial charge in [0.15, 0.2) is 0 Å². The fourth-order valence-corrected chi connectivity index (χ4v) is 3.03. The number of rotatable bonds is 5. The summed E-state index contributed by atoms with van der Waals surface area (Å²) < 4.78 is 33.5. The van der Waals surface area contributed by atoms with Crippen LogP contribution in [0.5, 0.6) is 0 Å². The summed E-state index contributed by atoms with van der Waals surface area (Å²) in [6.07, 6.45) is -0.151. The average molecular weight is 414 g/mol. The number of carbonyl (C=O) groups excluding carboxylic acids is 1. The third-order valence-electron chi connectivity index (χ3n) is 4.39. The lowest BCUT2D eigenvalue weighted by molar-refractivity contribution is 0.160. The molecule has 154 valence electrons. The van der Waals surface area contributed by atoms with Crippen molar-refractivity contribution in [1.82, 2.24) is 20.2 Å². The summed E-state index contributed by atoms with van der Waals surface area (Å²) in [7, 11) is 0. The van der Waals surface area contributed by atoms with Crippen LogP contribution in [0.4, 0.5) is 19.5 Å². The van der Waals surface area contributed by atoms with Crippen molar-refractivity contribution in [2.24, 2.45) is 5.73 Å². The van der Waals surface area contributed by atoms with Crippen LogP contribution in [0.2, 0.25) is 0 Å². The van der Waals surface area contributed by atoms with Crippen molar-refractivity contribution in [1.29, 1.82) is 0 Å². The number of aromatic nitrogens is 4. The maximum Gasteiger partial charge on any atom is 0.413 e. The highest BCUT2D eigenvalue weighted by Gasteiger charge is 2.17. The first-order valence-corrected chi connectivity index (χ1v) is 8.98. The summed E-state index contributed by atoms with van der Waals surface area (Å²) in [6, 6.07) is 6.63. The number of benzene rings is 2. The van der Waals surface area contributed by atoms with E-state index >= 15 is 0 Å². The second-order valence-corrected chi connectivity index (χ2v) is 6.40. The summed E-state index contributed by atoms with van der Waals surface area (Å²) >= 11 is 0. The van der Waals surface area contributed by atoms with Crippen LogP contribution in [0, 0.1) is 11.6 Å². The summed E-state index contributed by atoms with van der Waals surface area (Å²) in [5, 5.41) is 7.93. The molecule has 4 rings (SSSR count). The molecular weight excluding hydrogens is 398 g/mol. The van der Waals surface area contributed by atoms with E-state index in [-0.39, 0.29) is 23.6 Å². The number of nitrogens with two attached hydrogens (primary N) is 1. The summed E-state index contributed by atoms with van der Waals surface area (Å²) in [4.78, 5) is 30.8. The third kappa shape index (κ3) is 3.57. The van der Waals surface area contributed by atoms with Crippen LogP contribution in [0.15, 0.2) is 35.1 Å². The van der Waals surface area contributed by atoms with Crippen LogP contribution in [-0.4, -0.2) is 39.4 Å². The number of hydrogen-bond acceptors (Lipinski definition) is 6. The van der Waals surface area contributed by atoms with Gasteiger partial charge in [-0.05, 0) is 37.2 Å². The molecule has 2 aromatic heterocycles. The smallest absolute Gasteiger partial charge is 0.413 e. The monoisotopic (exact) mass is 414 g/mol. The molecule has 0 spiro atoms. The molecule has 2 heterocycles. The highest BCUT2D eigenvalue weighted by Crippen LogP contribution is 2.30. The Labute approximate surface area is 167 Å². The zero-order valence-corrected chi connectivity index (χ0v) is 15.5. The number of H-pyrrole nitrogens is 2. The maximum absolute atomic E-state index is 14.4. The van der Waals surface area contributed by atoms with E-state index in [0.717, 1.165) is 12.1 Å². The Kier molecular flexibility index (Phi) is 5.11. The molecule has 0 atom stereocenters. The number of nitrogens with one attached hydrogen (secondary N) is 3. The summed E-state index contributed by atoms with van der Waals surface area (Å²) in [6.45, 7) is 0.582. The van der Waals surface area contributed by atoms with Crippen LogP contribution in [-0.2, 0) is 4.74 Å². The molecule has 0 aliphatic carbocycles. The van der Waals surface area contributed by atoms with Gasteiger partial charge >= 0.3 is 6.09 Å². The fourth-order valence-electron chi connectivity index (χ4n) is 3.03. The summed E-state index contributed by atoms with van der Waals surface area (Å²) in [5.74, 6) is -1.47. The van der Waals surface area contributed by atoms with Crippen molar-refractivity contribution in [3.8, 4) is 11.3 Å². The number of carbonyl (C=O) groups is 1. The SMILES string of the molecule is NCCCOC(=O)Nc1nc2ccc(-c3n[nH]c(=O)c4c(F)ccc(F)c34)cc2[nH]1. The van der Waals surface area contributed by atoms with Gasteiger partial charge in [0.05, 0.1) is 28.4 Å². The Hall–Kier alpha value is -3.86. The highest BCUT2D eigenvalue weighted by atomic mass is 19.1. The third-order valence-corrected chi connectivity index (χ3v) is 4.39. The molecule has 0 bridgehead atoms. The first kappa shape index (κ1) is 19.5. The predicted molar refractivity (Wildman–Crippen MR) is 106 cm³/mol. The van der Waals surface area contributed by atoms with Gasteiger partial charge in [0, 0.05) is 5.56 Å². The van der Waals surface area contributed by atoms with Crippen molar-refractivity contribution < 1.29 is 18.3 Å². The average Bonchev–Trinajstić information content (AvgIpc) is 3.12. The minimum atomic E-state index is -0.849. The Morgan fingerprint density at radius 3 is 2.70 bits per heavy atom. The van der Waals surface area contributed by atoms with Crippen molar-refractivity contribution in [2.75, 3.05) is 18.5 Å². The number of imidazole rings is 1. The van der Waals surface area contributed by atoms with Crippen molar-refractivity contribution in [2.45, 2.75) is 6.42 Å². The summed E-state index contributed by atoms with van der Waals surface area (Å²) in [5.41, 5.74) is 6.00. The first-order valence-electron chi connectivity index (χ1n) is 8.98. The molecule has 0 aliphatic heterocycles. The van der Waals surface area contributed by atoms with Crippen LogP contribution < -0.4 is 16.6 Å². The second kappa shape index (κ2) is 7.87. The molecule has 30 heavy (non-hydrogen) atoms. The van der Waals surface area contributed by atoms with Gasteiger partial charge in [-0.2, -0.15) is 5.10 Å². The van der Waals surface area contributed by atoms with Gasteiger partial charge in [0.1, 0.15) is 17.3 Å². The van der Waals surface area contributed by atoms with E-state index in [1.54, 1.807) is 18.2 Å². The maximum atomic E-state index is 14.4. The van der Waals surface area contributed by atoms with Gasteiger partial charge < -0.3 is 15.5 Å². The lowest BCUT2D eigenvalue weighted by atomic mass is 10.0. The van der Waals surface area contributed by atoms with E-state index in [1.807, 2.05) is 0 Å². The molecule has 0 saturated carbocycles. The number of fused-ring (bicyclic) bond motifs is 2. The van der Waals surface area contributed by atoms with Gasteiger partial charge in [0.2, 0.25) is 5.95 Å². The lowest BCUT2D eigenvalue weighted by Crippen LogP contribution is -2.16. The van der Waals surface area contributed by atoms with E-state index in [9.17, 15) is 18.4 Å². The molecule has 0 fully saturated rings. The Bertz CT molecular complexity index is 1320. The Morgan fingerprint density at radius 1 is 1.17 bits per heavy atom. The van der Waals surface area contributed by atoms with Gasteiger partial charge in [-0.1, -0.05) is 6.07 Å². The number of hydrogen-bond donors (Lipinski definition) is 4. The van der Waals surface area contributed by atoms with Crippen LogP contribution in [0.3, 0.4) is 0 Å². The molecule has 5 N–H and O–H groups in total. The molecule has 0 radical (unpaired) electrons. The van der Waals surface area contributed by atoms with E-state index < -0.39 is 28.7 Å². The topological polar surface area (TPSA) is 139 Å². The normalized spacial score (nSPS) is 11.2. The van der Waals surface area contributed by atoms with Crippen LogP contribution in [0.1, 0.15) is 6.42 Å². The zero-order chi connectivity index (χ0) is 21.3. The second-order valence-electron chi connectivity index (χ2n) is 6.40. The highest BCUT2D eigenvalue weighted by molar-refractivity contribution is 5.96. The molecule has 2 aromatic carbocycles. The van der Waals surface area contributed by atoms with Crippen molar-refractivity contribution >= 4 is 33.8 Å². The van der Waals surface area contributed by atoms with Crippen molar-refractivity contribution in [3.05, 3.63) is 52.3 Å². The van der Waals surface area contributed by atoms with Gasteiger partial charge in [0.25, 0.3) is 5.56 Å². The largest absolute Gasteiger partial charge is 0.449 e. The van der Waals surface area contributed by atoms with E-state index in [2.05, 4.69) is 25.5 Å². The molecule has 1 amide bonds. The molecule has 0 unspecified atom stereocenters. The number of amides is 1. The number of halogens is 2. The van der Waals surface area contributed by atoms with Crippen molar-refractivity contribution in [3.63, 3.8) is 0 Å². The molecule has 9 nitrogen and oxygen atoms in total. The minimum absolute atomic E-state index is 0.0637. The fraction of sp³-hybridized carbons (Fsp3) is 0.158. The Morgan fingerprint density at radius 2 is 1.93 bits per heavy atom. The lowest BCUT2D eigenvalue weighted by Gasteiger charge is -2.07. The molecule has 0 saturated heterocycles. The molecule has 11 heteroatoms. The molecule has 0 aliphatic rings. The van der Waals surface area contributed by atoms with Crippen LogP contribution in [0.25, 0.3) is 33.1 Å². The molecule has 4 aromatic rings. The standard InChI is InChI=1S/C19H16F2N6O3/c20-10-3-4-11(21)15-14(10)16(26-27-17(15)28)9-2-5-12-13(8-9)24-18(23-12)25-19(29)30-7-1-6-22/h2-5,8H,1,6-7,22H2,(H,27,28)(H2,23,24,25,29). The number of anilines is 1. The van der Waals surface area contributed by atoms with Gasteiger partial charge in [-0.25, -0.2) is 23.7 Å². The number of nitrogens with zero attached hydrogens (tertiary/aromatic N) is 2. The zero-order valence-electron chi connectivity index (χ0n) is 15.5. The quantitative estimate of drug-likeness (QED) is 0.370. The number of ether oxygens (including phenoxy) is 1. The first-order chi connectivity index (χ1) is 14.5.